The minimum Gasteiger partial charge on any atom is -0.497 e. The van der Waals surface area contributed by atoms with E-state index in [1.165, 1.54) is 11.8 Å². The van der Waals surface area contributed by atoms with Gasteiger partial charge in [0.1, 0.15) is 18.1 Å². The van der Waals surface area contributed by atoms with Gasteiger partial charge in [0, 0.05) is 17.0 Å². The van der Waals surface area contributed by atoms with Gasteiger partial charge in [0.05, 0.1) is 19.4 Å². The van der Waals surface area contributed by atoms with E-state index in [0.29, 0.717) is 23.9 Å². The molecule has 0 saturated carbocycles. The third-order valence-electron chi connectivity index (χ3n) is 3.36. The normalized spacial score (nSPS) is 10.3. The van der Waals surface area contributed by atoms with Crippen LogP contribution in [0.15, 0.2) is 53.4 Å². The number of likely N-dealkylation sites (N-methyl/N-ethyl adjacent to an activating group) is 1. The van der Waals surface area contributed by atoms with Crippen molar-refractivity contribution in [2.75, 3.05) is 33.1 Å². The largest absolute Gasteiger partial charge is 0.497 e. The Morgan fingerprint density at radius 1 is 1.08 bits per heavy atom. The van der Waals surface area contributed by atoms with Gasteiger partial charge in [0.15, 0.2) is 0 Å². The van der Waals surface area contributed by atoms with E-state index < -0.39 is 0 Å². The lowest BCUT2D eigenvalue weighted by Gasteiger charge is -2.17. The molecule has 2 aromatic carbocycles. The number of carbonyl (C=O) groups excluding carboxylic acids is 1. The van der Waals surface area contributed by atoms with Crippen molar-refractivity contribution < 1.29 is 14.3 Å². The van der Waals surface area contributed by atoms with Crippen molar-refractivity contribution >= 4 is 29.3 Å². The average molecular weight is 366 g/mol. The fourth-order valence-corrected chi connectivity index (χ4v) is 2.85. The molecule has 128 valence electrons. The molecule has 0 heterocycles. The molecule has 1 amide bonds. The Hall–Kier alpha value is -1.85. The first kappa shape index (κ1) is 18.5. The number of amides is 1. The second kappa shape index (κ2) is 9.45. The number of nitrogens with zero attached hydrogens (tertiary/aromatic N) is 1. The summed E-state index contributed by atoms with van der Waals surface area (Å²) in [4.78, 5) is 14.8. The molecule has 6 heteroatoms. The Balaban J connectivity index is 1.70. The first-order valence-corrected chi connectivity index (χ1v) is 8.84. The summed E-state index contributed by atoms with van der Waals surface area (Å²) in [7, 11) is 3.41. The van der Waals surface area contributed by atoms with Gasteiger partial charge in [-0.15, -0.1) is 11.8 Å². The van der Waals surface area contributed by atoms with Crippen LogP contribution in [0.2, 0.25) is 5.02 Å². The molecule has 0 unspecified atom stereocenters. The zero-order chi connectivity index (χ0) is 17.4. The van der Waals surface area contributed by atoms with Crippen LogP contribution >= 0.6 is 23.4 Å². The maximum Gasteiger partial charge on any atom is 0.232 e. The van der Waals surface area contributed by atoms with Gasteiger partial charge in [-0.1, -0.05) is 11.6 Å². The van der Waals surface area contributed by atoms with Crippen molar-refractivity contribution in [3.05, 3.63) is 53.6 Å². The number of halogens is 1. The number of carbonyl (C=O) groups is 1. The van der Waals surface area contributed by atoms with Crippen molar-refractivity contribution in [3.63, 3.8) is 0 Å². The summed E-state index contributed by atoms with van der Waals surface area (Å²) in [6.07, 6.45) is 0. The molecule has 0 bridgehead atoms. The first-order chi connectivity index (χ1) is 11.6. The smallest absolute Gasteiger partial charge is 0.232 e. The lowest BCUT2D eigenvalue weighted by Crippen LogP contribution is -2.32. The van der Waals surface area contributed by atoms with E-state index in [0.717, 1.165) is 16.4 Å². The summed E-state index contributed by atoms with van der Waals surface area (Å²) in [5.74, 6) is 2.01. The van der Waals surface area contributed by atoms with Crippen LogP contribution in [-0.4, -0.2) is 43.9 Å². The zero-order valence-corrected chi connectivity index (χ0v) is 15.3. The molecule has 0 fully saturated rings. The Labute approximate surface area is 151 Å². The number of thioether (sulfide) groups is 1. The Morgan fingerprint density at radius 2 is 1.71 bits per heavy atom. The molecule has 0 aromatic heterocycles. The highest BCUT2D eigenvalue weighted by Crippen LogP contribution is 2.21. The van der Waals surface area contributed by atoms with Crippen LogP contribution in [0.1, 0.15) is 0 Å². The van der Waals surface area contributed by atoms with Gasteiger partial charge < -0.3 is 14.4 Å². The highest BCUT2D eigenvalue weighted by molar-refractivity contribution is 8.00. The molecule has 0 aliphatic heterocycles. The fourth-order valence-electron chi connectivity index (χ4n) is 1.88. The zero-order valence-electron chi connectivity index (χ0n) is 13.7. The molecule has 0 aliphatic carbocycles. The minimum atomic E-state index is 0.0653. The van der Waals surface area contributed by atoms with E-state index in [2.05, 4.69) is 0 Å². The predicted octanol–water partition coefficient (Wildman–Crippen LogP) is 3.98. The lowest BCUT2D eigenvalue weighted by molar-refractivity contribution is -0.127. The van der Waals surface area contributed by atoms with E-state index in [-0.39, 0.29) is 5.91 Å². The van der Waals surface area contributed by atoms with Crippen molar-refractivity contribution in [3.8, 4) is 11.5 Å². The van der Waals surface area contributed by atoms with Gasteiger partial charge in [-0.3, -0.25) is 4.79 Å². The third-order valence-corrected chi connectivity index (χ3v) is 4.61. The predicted molar refractivity (Wildman–Crippen MR) is 98.3 cm³/mol. The number of ether oxygens (including phenoxy) is 2. The van der Waals surface area contributed by atoms with Crippen LogP contribution in [0.25, 0.3) is 0 Å². The van der Waals surface area contributed by atoms with E-state index >= 15 is 0 Å². The van der Waals surface area contributed by atoms with Gasteiger partial charge in [-0.05, 0) is 48.5 Å². The maximum atomic E-state index is 12.1. The topological polar surface area (TPSA) is 38.8 Å². The van der Waals surface area contributed by atoms with E-state index in [9.17, 15) is 4.79 Å². The molecule has 24 heavy (non-hydrogen) atoms. The molecule has 0 saturated heterocycles. The standard InChI is InChI=1S/C18H20ClNO3S/c1-20(11-12-23-16-5-3-14(19)4-6-16)18(21)13-24-17-9-7-15(22-2)8-10-17/h3-10H,11-13H2,1-2H3. The molecule has 0 aliphatic rings. The van der Waals surface area contributed by atoms with Crippen molar-refractivity contribution in [1.29, 1.82) is 0 Å². The van der Waals surface area contributed by atoms with Crippen LogP contribution in [0.5, 0.6) is 11.5 Å². The molecule has 2 rings (SSSR count). The van der Waals surface area contributed by atoms with Gasteiger partial charge in [-0.25, -0.2) is 0 Å². The lowest BCUT2D eigenvalue weighted by atomic mass is 10.3. The summed E-state index contributed by atoms with van der Waals surface area (Å²) >= 11 is 7.33. The summed E-state index contributed by atoms with van der Waals surface area (Å²) in [6.45, 7) is 0.974. The van der Waals surface area contributed by atoms with Crippen LogP contribution in [0.4, 0.5) is 0 Å². The summed E-state index contributed by atoms with van der Waals surface area (Å²) < 4.78 is 10.7. The number of rotatable bonds is 8. The van der Waals surface area contributed by atoms with Crippen LogP contribution < -0.4 is 9.47 Å². The molecular formula is C18H20ClNO3S. The fraction of sp³-hybridized carbons (Fsp3) is 0.278. The van der Waals surface area contributed by atoms with Gasteiger partial charge >= 0.3 is 0 Å². The highest BCUT2D eigenvalue weighted by Gasteiger charge is 2.09. The first-order valence-electron chi connectivity index (χ1n) is 7.47. The highest BCUT2D eigenvalue weighted by atomic mass is 35.5. The number of hydrogen-bond donors (Lipinski definition) is 0. The second-order valence-electron chi connectivity index (χ2n) is 5.08. The Bertz CT molecular complexity index is 646. The van der Waals surface area contributed by atoms with Gasteiger partial charge in [0.2, 0.25) is 5.91 Å². The van der Waals surface area contributed by atoms with Crippen LogP contribution in [-0.2, 0) is 4.79 Å². The second-order valence-corrected chi connectivity index (χ2v) is 6.57. The molecule has 0 atom stereocenters. The Kier molecular flexibility index (Phi) is 7.28. The van der Waals surface area contributed by atoms with Crippen molar-refractivity contribution in [2.24, 2.45) is 0 Å². The molecule has 0 spiro atoms. The molecular weight excluding hydrogens is 346 g/mol. The number of benzene rings is 2. The quantitative estimate of drug-likeness (QED) is 0.663. The van der Waals surface area contributed by atoms with Gasteiger partial charge in [-0.2, -0.15) is 0 Å². The molecule has 4 nitrogen and oxygen atoms in total. The Morgan fingerprint density at radius 3 is 2.33 bits per heavy atom. The van der Waals surface area contributed by atoms with Gasteiger partial charge in [0.25, 0.3) is 0 Å². The average Bonchev–Trinajstić information content (AvgIpc) is 2.61. The number of hydrogen-bond acceptors (Lipinski definition) is 4. The monoisotopic (exact) mass is 365 g/mol. The summed E-state index contributed by atoms with van der Waals surface area (Å²) in [5.41, 5.74) is 0. The van der Waals surface area contributed by atoms with E-state index in [1.54, 1.807) is 31.2 Å². The third kappa shape index (κ3) is 5.98. The van der Waals surface area contributed by atoms with Crippen molar-refractivity contribution in [1.82, 2.24) is 4.90 Å². The van der Waals surface area contributed by atoms with Crippen molar-refractivity contribution in [2.45, 2.75) is 4.90 Å². The molecule has 0 radical (unpaired) electrons. The van der Waals surface area contributed by atoms with E-state index in [4.69, 9.17) is 21.1 Å². The summed E-state index contributed by atoms with van der Waals surface area (Å²) in [5, 5.41) is 0.671. The minimum absolute atomic E-state index is 0.0653. The SMILES string of the molecule is COc1ccc(SCC(=O)N(C)CCOc2ccc(Cl)cc2)cc1. The van der Waals surface area contributed by atoms with E-state index in [1.807, 2.05) is 36.4 Å². The maximum absolute atomic E-state index is 12.1. The van der Waals surface area contributed by atoms with Crippen LogP contribution in [0, 0.1) is 0 Å². The van der Waals surface area contributed by atoms with Crippen LogP contribution in [0.3, 0.4) is 0 Å². The summed E-state index contributed by atoms with van der Waals surface area (Å²) in [6, 6.07) is 14.8. The molecule has 0 N–H and O–H groups in total. The molecule has 2 aromatic rings. The number of methoxy groups -OCH3 is 1.